The molecule has 5 nitrogen and oxygen atoms in total. The van der Waals surface area contributed by atoms with Gasteiger partial charge in [0.15, 0.2) is 9.84 Å². The highest BCUT2D eigenvalue weighted by Gasteiger charge is 2.36. The molecule has 1 fully saturated rings. The third-order valence-corrected chi connectivity index (χ3v) is 9.03. The van der Waals surface area contributed by atoms with Gasteiger partial charge < -0.3 is 9.32 Å². The number of carbonyl (C=O) groups is 1. The van der Waals surface area contributed by atoms with Crippen LogP contribution in [0.4, 0.5) is 0 Å². The summed E-state index contributed by atoms with van der Waals surface area (Å²) in [5, 5.41) is 0. The summed E-state index contributed by atoms with van der Waals surface area (Å²) in [6.45, 7) is 10.6. The van der Waals surface area contributed by atoms with Gasteiger partial charge in [-0.05, 0) is 75.3 Å². The molecule has 0 saturated carbocycles. The monoisotopic (exact) mass is 431 g/mol. The van der Waals surface area contributed by atoms with Crippen LogP contribution in [0.25, 0.3) is 11.3 Å². The minimum absolute atomic E-state index is 0.104. The van der Waals surface area contributed by atoms with Crippen molar-refractivity contribution in [3.8, 4) is 11.3 Å². The molecule has 6 heteroatoms. The SMILES string of the molecule is Cc1cc(-c2ccco2)ccc1CC(=O)N1CCC(CS(=O)(=O)C(C)(C)C)C(C)C1. The van der Waals surface area contributed by atoms with Gasteiger partial charge in [0, 0.05) is 18.7 Å². The molecule has 30 heavy (non-hydrogen) atoms. The first kappa shape index (κ1) is 22.6. The van der Waals surface area contributed by atoms with E-state index < -0.39 is 14.6 Å². The van der Waals surface area contributed by atoms with Crippen LogP contribution in [-0.2, 0) is 21.1 Å². The number of hydrogen-bond acceptors (Lipinski definition) is 4. The maximum Gasteiger partial charge on any atom is 0.227 e. The van der Waals surface area contributed by atoms with Crippen LogP contribution in [0.5, 0.6) is 0 Å². The van der Waals surface area contributed by atoms with Crippen LogP contribution in [0.3, 0.4) is 0 Å². The van der Waals surface area contributed by atoms with E-state index in [0.29, 0.717) is 19.5 Å². The van der Waals surface area contributed by atoms with E-state index in [-0.39, 0.29) is 23.5 Å². The smallest absolute Gasteiger partial charge is 0.227 e. The van der Waals surface area contributed by atoms with E-state index in [0.717, 1.165) is 28.9 Å². The van der Waals surface area contributed by atoms with Crippen molar-refractivity contribution in [3.63, 3.8) is 0 Å². The molecule has 1 aromatic heterocycles. The van der Waals surface area contributed by atoms with Crippen molar-refractivity contribution in [2.45, 2.75) is 52.2 Å². The van der Waals surface area contributed by atoms with E-state index in [4.69, 9.17) is 4.42 Å². The Balaban J connectivity index is 1.61. The third kappa shape index (κ3) is 4.97. The minimum Gasteiger partial charge on any atom is -0.464 e. The molecular weight excluding hydrogens is 398 g/mol. The van der Waals surface area contributed by atoms with Crippen LogP contribution in [0.1, 0.15) is 45.2 Å². The Morgan fingerprint density at radius 3 is 2.53 bits per heavy atom. The van der Waals surface area contributed by atoms with Gasteiger partial charge in [0.25, 0.3) is 0 Å². The third-order valence-electron chi connectivity index (χ3n) is 6.29. The average Bonchev–Trinajstić information content (AvgIpc) is 3.18. The van der Waals surface area contributed by atoms with E-state index in [9.17, 15) is 13.2 Å². The van der Waals surface area contributed by atoms with Crippen LogP contribution in [0.15, 0.2) is 41.0 Å². The summed E-state index contributed by atoms with van der Waals surface area (Å²) in [5.74, 6) is 1.40. The number of furan rings is 1. The first-order valence-corrected chi connectivity index (χ1v) is 12.3. The van der Waals surface area contributed by atoms with E-state index in [1.54, 1.807) is 27.0 Å². The zero-order valence-electron chi connectivity index (χ0n) is 18.6. The number of likely N-dealkylation sites (tertiary alicyclic amines) is 1. The quantitative estimate of drug-likeness (QED) is 0.699. The Morgan fingerprint density at radius 1 is 1.23 bits per heavy atom. The molecule has 2 atom stereocenters. The Labute approximate surface area is 180 Å². The van der Waals surface area contributed by atoms with Crippen LogP contribution < -0.4 is 0 Å². The molecular formula is C24H33NO4S. The zero-order valence-corrected chi connectivity index (χ0v) is 19.5. The number of hydrogen-bond donors (Lipinski definition) is 0. The Kier molecular flexibility index (Phi) is 6.46. The predicted octanol–water partition coefficient (Wildman–Crippen LogP) is 4.50. The molecule has 2 heterocycles. The number of rotatable bonds is 5. The number of aryl methyl sites for hydroxylation is 1. The molecule has 0 N–H and O–H groups in total. The van der Waals surface area contributed by atoms with Crippen LogP contribution in [0.2, 0.25) is 0 Å². The van der Waals surface area contributed by atoms with Crippen LogP contribution in [-0.4, -0.2) is 42.8 Å². The lowest BCUT2D eigenvalue weighted by atomic mass is 9.88. The van der Waals surface area contributed by atoms with Gasteiger partial charge in [0.1, 0.15) is 5.76 Å². The number of piperidine rings is 1. The molecule has 0 spiro atoms. The van der Waals surface area contributed by atoms with Crippen molar-refractivity contribution < 1.29 is 17.6 Å². The van der Waals surface area contributed by atoms with Crippen molar-refractivity contribution in [3.05, 3.63) is 47.7 Å². The second kappa shape index (κ2) is 8.58. The van der Waals surface area contributed by atoms with Crippen molar-refractivity contribution in [1.82, 2.24) is 4.90 Å². The van der Waals surface area contributed by atoms with Crippen molar-refractivity contribution >= 4 is 15.7 Å². The van der Waals surface area contributed by atoms with Crippen LogP contribution in [0, 0.1) is 18.8 Å². The summed E-state index contributed by atoms with van der Waals surface area (Å²) in [6, 6.07) is 9.82. The normalized spacial score (nSPS) is 20.4. The molecule has 2 aromatic rings. The fourth-order valence-corrected chi connectivity index (χ4v) is 5.52. The molecule has 1 aliphatic rings. The molecule has 1 saturated heterocycles. The molecule has 0 aliphatic carbocycles. The summed E-state index contributed by atoms with van der Waals surface area (Å²) < 4.78 is 29.9. The second-order valence-corrected chi connectivity index (χ2v) is 12.3. The summed E-state index contributed by atoms with van der Waals surface area (Å²) in [5.41, 5.74) is 3.08. The lowest BCUT2D eigenvalue weighted by Crippen LogP contribution is -2.46. The highest BCUT2D eigenvalue weighted by Crippen LogP contribution is 2.29. The first-order chi connectivity index (χ1) is 14.0. The van der Waals surface area contributed by atoms with Gasteiger partial charge in [-0.15, -0.1) is 0 Å². The molecule has 3 rings (SSSR count). The minimum atomic E-state index is -3.16. The lowest BCUT2D eigenvalue weighted by molar-refractivity contribution is -0.132. The van der Waals surface area contributed by atoms with Gasteiger partial charge >= 0.3 is 0 Å². The maximum absolute atomic E-state index is 12.9. The summed E-state index contributed by atoms with van der Waals surface area (Å²) in [6.07, 6.45) is 2.75. The maximum atomic E-state index is 12.9. The Bertz CT molecular complexity index is 987. The van der Waals surface area contributed by atoms with E-state index in [2.05, 4.69) is 6.92 Å². The Morgan fingerprint density at radius 2 is 1.97 bits per heavy atom. The average molecular weight is 432 g/mol. The van der Waals surface area contributed by atoms with E-state index in [1.165, 1.54) is 0 Å². The largest absolute Gasteiger partial charge is 0.464 e. The van der Waals surface area contributed by atoms with Crippen molar-refractivity contribution in [1.29, 1.82) is 0 Å². The Hall–Kier alpha value is -2.08. The highest BCUT2D eigenvalue weighted by molar-refractivity contribution is 7.92. The van der Waals surface area contributed by atoms with Gasteiger partial charge in [0.05, 0.1) is 23.2 Å². The molecule has 164 valence electrons. The lowest BCUT2D eigenvalue weighted by Gasteiger charge is -2.38. The highest BCUT2D eigenvalue weighted by atomic mass is 32.2. The second-order valence-electron chi connectivity index (χ2n) is 9.55. The fourth-order valence-electron chi connectivity index (χ4n) is 3.97. The summed E-state index contributed by atoms with van der Waals surface area (Å²) in [4.78, 5) is 14.8. The summed E-state index contributed by atoms with van der Waals surface area (Å²) in [7, 11) is -3.16. The van der Waals surface area contributed by atoms with Gasteiger partial charge in [-0.2, -0.15) is 0 Å². The molecule has 1 aromatic carbocycles. The molecule has 0 bridgehead atoms. The molecule has 1 amide bonds. The number of sulfone groups is 1. The van der Waals surface area contributed by atoms with Crippen LogP contribution >= 0.6 is 0 Å². The standard InChI is InChI=1S/C24H33NO4S/c1-17-13-20(22-7-6-12-29-22)9-8-19(17)14-23(26)25-11-10-21(18(2)15-25)16-30(27,28)24(3,4)5/h6-9,12-13,18,21H,10-11,14-16H2,1-5H3. The van der Waals surface area contributed by atoms with Gasteiger partial charge in [0.2, 0.25) is 5.91 Å². The molecule has 2 unspecified atom stereocenters. The number of nitrogens with zero attached hydrogens (tertiary/aromatic N) is 1. The predicted molar refractivity (Wildman–Crippen MR) is 120 cm³/mol. The zero-order chi connectivity index (χ0) is 22.1. The fraction of sp³-hybridized carbons (Fsp3) is 0.542. The van der Waals surface area contributed by atoms with Gasteiger partial charge in [-0.3, -0.25) is 4.79 Å². The number of amides is 1. The van der Waals surface area contributed by atoms with Crippen molar-refractivity contribution in [2.75, 3.05) is 18.8 Å². The van der Waals surface area contributed by atoms with E-state index in [1.807, 2.05) is 42.2 Å². The number of carbonyl (C=O) groups excluding carboxylic acids is 1. The first-order valence-electron chi connectivity index (χ1n) is 10.6. The topological polar surface area (TPSA) is 67.6 Å². The van der Waals surface area contributed by atoms with Gasteiger partial charge in [-0.25, -0.2) is 8.42 Å². The molecule has 0 radical (unpaired) electrons. The molecule has 1 aliphatic heterocycles. The number of benzene rings is 1. The van der Waals surface area contributed by atoms with Gasteiger partial charge in [-0.1, -0.05) is 19.1 Å². The van der Waals surface area contributed by atoms with E-state index >= 15 is 0 Å². The summed E-state index contributed by atoms with van der Waals surface area (Å²) >= 11 is 0. The van der Waals surface area contributed by atoms with Crippen molar-refractivity contribution in [2.24, 2.45) is 11.8 Å².